The van der Waals surface area contributed by atoms with E-state index >= 15 is 0 Å². The number of hydrogen-bond acceptors (Lipinski definition) is 1. The van der Waals surface area contributed by atoms with Crippen LogP contribution in [0.3, 0.4) is 0 Å². The molecule has 1 amide bonds. The van der Waals surface area contributed by atoms with Gasteiger partial charge in [0, 0.05) is 15.2 Å². The summed E-state index contributed by atoms with van der Waals surface area (Å²) in [7, 11) is 0. The zero-order valence-electron chi connectivity index (χ0n) is 9.66. The second-order valence-electron chi connectivity index (χ2n) is 5.18. The molecule has 2 saturated carbocycles. The topological polar surface area (TPSA) is 29.1 Å². The number of amides is 1. The average Bonchev–Trinajstić information content (AvgIpc) is 3.16. The summed E-state index contributed by atoms with van der Waals surface area (Å²) in [5.41, 5.74) is 0.795. The Balaban J connectivity index is 1.69. The first-order chi connectivity index (χ1) is 8.24. The summed E-state index contributed by atoms with van der Waals surface area (Å²) in [5.74, 6) is 1.62. The normalized spacial score (nSPS) is 19.4. The van der Waals surface area contributed by atoms with E-state index in [4.69, 9.17) is 0 Å². The summed E-state index contributed by atoms with van der Waals surface area (Å²) in [4.78, 5) is 12.2. The van der Waals surface area contributed by atoms with Crippen molar-refractivity contribution in [3.8, 4) is 0 Å². The van der Waals surface area contributed by atoms with E-state index in [0.717, 1.165) is 21.0 Å². The summed E-state index contributed by atoms with van der Waals surface area (Å²) in [6, 6.07) is 8.25. The van der Waals surface area contributed by atoms with Crippen molar-refractivity contribution in [1.29, 1.82) is 0 Å². The van der Waals surface area contributed by atoms with Crippen LogP contribution in [-0.2, 0) is 0 Å². The molecule has 0 saturated heterocycles. The van der Waals surface area contributed by atoms with Crippen molar-refractivity contribution >= 4 is 28.5 Å². The Morgan fingerprint density at radius 1 is 1.24 bits per heavy atom. The fraction of sp³-hybridized carbons (Fsp3) is 0.500. The minimum Gasteiger partial charge on any atom is -0.349 e. The Morgan fingerprint density at radius 3 is 2.41 bits per heavy atom. The van der Waals surface area contributed by atoms with Gasteiger partial charge in [0.2, 0.25) is 0 Å². The molecule has 2 aliphatic carbocycles. The van der Waals surface area contributed by atoms with E-state index in [-0.39, 0.29) is 5.91 Å². The molecule has 2 aliphatic rings. The lowest BCUT2D eigenvalue weighted by atomic mass is 10.1. The lowest BCUT2D eigenvalue weighted by Crippen LogP contribution is -2.38. The predicted octanol–water partition coefficient (Wildman–Crippen LogP) is 3.21. The zero-order valence-corrected chi connectivity index (χ0v) is 11.8. The molecule has 0 unspecified atom stereocenters. The molecular weight excluding hydrogens is 325 g/mol. The highest BCUT2D eigenvalue weighted by Gasteiger charge is 2.42. The second kappa shape index (κ2) is 4.59. The maximum Gasteiger partial charge on any atom is 0.251 e. The Hall–Kier alpha value is -0.580. The molecule has 1 aromatic carbocycles. The molecule has 3 rings (SSSR count). The maximum absolute atomic E-state index is 12.2. The Kier molecular flexibility index (Phi) is 3.11. The van der Waals surface area contributed by atoms with Crippen LogP contribution in [0.1, 0.15) is 36.0 Å². The van der Waals surface area contributed by atoms with Gasteiger partial charge in [0.1, 0.15) is 0 Å². The molecule has 90 valence electrons. The Morgan fingerprint density at radius 2 is 1.88 bits per heavy atom. The molecule has 17 heavy (non-hydrogen) atoms. The molecule has 0 aliphatic heterocycles. The lowest BCUT2D eigenvalue weighted by molar-refractivity contribution is 0.0926. The number of rotatable bonds is 4. The summed E-state index contributed by atoms with van der Waals surface area (Å²) in [5, 5.41) is 3.24. The molecular formula is C14H16INO. The second-order valence-corrected chi connectivity index (χ2v) is 6.43. The molecule has 0 atom stereocenters. The molecule has 0 heterocycles. The first kappa shape index (κ1) is 11.5. The molecule has 0 spiro atoms. The molecule has 1 N–H and O–H groups in total. The molecule has 3 heteroatoms. The predicted molar refractivity (Wildman–Crippen MR) is 75.9 cm³/mol. The van der Waals surface area contributed by atoms with E-state index in [1.165, 1.54) is 25.7 Å². The number of hydrogen-bond donors (Lipinski definition) is 1. The quantitative estimate of drug-likeness (QED) is 0.838. The number of carbonyl (C=O) groups excluding carboxylic acids is 1. The summed E-state index contributed by atoms with van der Waals surface area (Å²) < 4.78 is 1.12. The molecule has 0 aromatic heterocycles. The van der Waals surface area contributed by atoms with Crippen LogP contribution in [0.4, 0.5) is 0 Å². The van der Waals surface area contributed by atoms with Gasteiger partial charge in [-0.3, -0.25) is 4.79 Å². The zero-order chi connectivity index (χ0) is 11.8. The first-order valence-electron chi connectivity index (χ1n) is 6.30. The van der Waals surface area contributed by atoms with Crippen LogP contribution in [0.25, 0.3) is 0 Å². The molecule has 1 aromatic rings. The van der Waals surface area contributed by atoms with Gasteiger partial charge in [-0.05, 0) is 78.3 Å². The van der Waals surface area contributed by atoms with E-state index in [0.29, 0.717) is 6.04 Å². The summed E-state index contributed by atoms with van der Waals surface area (Å²) >= 11 is 2.24. The average molecular weight is 341 g/mol. The van der Waals surface area contributed by atoms with Gasteiger partial charge in [0.05, 0.1) is 0 Å². The van der Waals surface area contributed by atoms with Gasteiger partial charge in [-0.1, -0.05) is 6.07 Å². The van der Waals surface area contributed by atoms with E-state index in [2.05, 4.69) is 27.9 Å². The van der Waals surface area contributed by atoms with Gasteiger partial charge in [0.25, 0.3) is 5.91 Å². The summed E-state index contributed by atoms with van der Waals surface area (Å²) in [6.45, 7) is 0. The highest BCUT2D eigenvalue weighted by atomic mass is 127. The van der Waals surface area contributed by atoms with Crippen molar-refractivity contribution in [1.82, 2.24) is 5.32 Å². The van der Waals surface area contributed by atoms with Crippen LogP contribution in [-0.4, -0.2) is 11.9 Å². The van der Waals surface area contributed by atoms with E-state index in [9.17, 15) is 4.79 Å². The van der Waals surface area contributed by atoms with Gasteiger partial charge in [0.15, 0.2) is 0 Å². The Labute approximate surface area is 115 Å². The van der Waals surface area contributed by atoms with Gasteiger partial charge in [-0.15, -0.1) is 0 Å². The third-order valence-corrected chi connectivity index (χ3v) is 4.32. The fourth-order valence-electron chi connectivity index (χ4n) is 2.40. The number of halogens is 1. The number of benzene rings is 1. The van der Waals surface area contributed by atoms with Crippen molar-refractivity contribution in [2.24, 2.45) is 11.8 Å². The SMILES string of the molecule is O=C(NC(C1CC1)C1CC1)c1cccc(I)c1. The van der Waals surface area contributed by atoms with Crippen LogP contribution in [0.2, 0.25) is 0 Å². The van der Waals surface area contributed by atoms with E-state index in [1.54, 1.807) is 0 Å². The number of carbonyl (C=O) groups is 1. The molecule has 0 bridgehead atoms. The minimum absolute atomic E-state index is 0.104. The van der Waals surface area contributed by atoms with Gasteiger partial charge in [-0.2, -0.15) is 0 Å². The number of nitrogens with one attached hydrogen (secondary N) is 1. The van der Waals surface area contributed by atoms with Crippen molar-refractivity contribution in [3.63, 3.8) is 0 Å². The third kappa shape index (κ3) is 2.81. The largest absolute Gasteiger partial charge is 0.349 e. The monoisotopic (exact) mass is 341 g/mol. The van der Waals surface area contributed by atoms with Crippen molar-refractivity contribution in [2.45, 2.75) is 31.7 Å². The Bertz CT molecular complexity index is 426. The molecule has 2 fully saturated rings. The summed E-state index contributed by atoms with van der Waals surface area (Å²) in [6.07, 6.45) is 5.20. The van der Waals surface area contributed by atoms with Gasteiger partial charge in [-0.25, -0.2) is 0 Å². The van der Waals surface area contributed by atoms with E-state index in [1.807, 2.05) is 24.3 Å². The lowest BCUT2D eigenvalue weighted by Gasteiger charge is -2.17. The van der Waals surface area contributed by atoms with Crippen LogP contribution >= 0.6 is 22.6 Å². The van der Waals surface area contributed by atoms with Crippen LogP contribution < -0.4 is 5.32 Å². The van der Waals surface area contributed by atoms with Crippen molar-refractivity contribution in [3.05, 3.63) is 33.4 Å². The fourth-order valence-corrected chi connectivity index (χ4v) is 2.94. The highest BCUT2D eigenvalue weighted by Crippen LogP contribution is 2.44. The van der Waals surface area contributed by atoms with Gasteiger partial charge < -0.3 is 5.32 Å². The smallest absolute Gasteiger partial charge is 0.251 e. The van der Waals surface area contributed by atoms with Crippen LogP contribution in [0.15, 0.2) is 24.3 Å². The first-order valence-corrected chi connectivity index (χ1v) is 7.38. The third-order valence-electron chi connectivity index (χ3n) is 3.64. The molecule has 0 radical (unpaired) electrons. The standard InChI is InChI=1S/C14H16INO/c15-12-3-1-2-11(8-12)14(17)16-13(9-4-5-9)10-6-7-10/h1-3,8-10,13H,4-7H2,(H,16,17). The molecule has 2 nitrogen and oxygen atoms in total. The maximum atomic E-state index is 12.2. The van der Waals surface area contributed by atoms with Crippen LogP contribution in [0.5, 0.6) is 0 Å². The van der Waals surface area contributed by atoms with E-state index < -0.39 is 0 Å². The van der Waals surface area contributed by atoms with Gasteiger partial charge >= 0.3 is 0 Å². The van der Waals surface area contributed by atoms with Crippen LogP contribution in [0, 0.1) is 15.4 Å². The van der Waals surface area contributed by atoms with Crippen molar-refractivity contribution < 1.29 is 4.79 Å². The minimum atomic E-state index is 0.104. The van der Waals surface area contributed by atoms with Crippen molar-refractivity contribution in [2.75, 3.05) is 0 Å². The highest BCUT2D eigenvalue weighted by molar-refractivity contribution is 14.1.